The molecule has 0 aromatic rings. The van der Waals surface area contributed by atoms with Gasteiger partial charge in [-0.2, -0.15) is 0 Å². The molecular formula is C16H34N2O. The second-order valence-corrected chi connectivity index (χ2v) is 5.73. The molecule has 0 atom stereocenters. The minimum absolute atomic E-state index is 0.227. The molecule has 0 heterocycles. The van der Waals surface area contributed by atoms with Crippen LogP contribution < -0.4 is 5.32 Å². The Kier molecular flexibility index (Phi) is 13.4. The summed E-state index contributed by atoms with van der Waals surface area (Å²) in [6.45, 7) is 4.10. The van der Waals surface area contributed by atoms with Crippen LogP contribution in [-0.2, 0) is 4.79 Å². The summed E-state index contributed by atoms with van der Waals surface area (Å²) >= 11 is 0. The summed E-state index contributed by atoms with van der Waals surface area (Å²) in [5.74, 6) is 0.227. The van der Waals surface area contributed by atoms with Crippen molar-refractivity contribution in [3.63, 3.8) is 0 Å². The van der Waals surface area contributed by atoms with Crippen LogP contribution in [0.1, 0.15) is 71.1 Å². The van der Waals surface area contributed by atoms with E-state index in [-0.39, 0.29) is 5.91 Å². The summed E-state index contributed by atoms with van der Waals surface area (Å²) in [6.07, 6.45) is 12.1. The van der Waals surface area contributed by atoms with Crippen LogP contribution in [0.5, 0.6) is 0 Å². The van der Waals surface area contributed by atoms with Crippen molar-refractivity contribution in [3.05, 3.63) is 0 Å². The number of unbranched alkanes of at least 4 members (excludes halogenated alkanes) is 7. The molecule has 1 N–H and O–H groups in total. The van der Waals surface area contributed by atoms with Gasteiger partial charge in [0.05, 0.1) is 0 Å². The van der Waals surface area contributed by atoms with E-state index in [2.05, 4.69) is 31.2 Å². The number of nitrogens with zero attached hydrogens (tertiary/aromatic N) is 1. The lowest BCUT2D eigenvalue weighted by Crippen LogP contribution is -2.26. The molecule has 0 spiro atoms. The Bertz CT molecular complexity index is 205. The monoisotopic (exact) mass is 270 g/mol. The lowest BCUT2D eigenvalue weighted by molar-refractivity contribution is -0.121. The number of rotatable bonds is 13. The quantitative estimate of drug-likeness (QED) is 0.519. The van der Waals surface area contributed by atoms with Gasteiger partial charge in [-0.1, -0.05) is 51.9 Å². The Labute approximate surface area is 120 Å². The Hall–Kier alpha value is -0.570. The molecule has 0 aromatic heterocycles. The van der Waals surface area contributed by atoms with Gasteiger partial charge in [0, 0.05) is 13.0 Å². The van der Waals surface area contributed by atoms with Crippen LogP contribution in [0.4, 0.5) is 0 Å². The van der Waals surface area contributed by atoms with E-state index in [1.165, 1.54) is 44.9 Å². The molecule has 3 heteroatoms. The van der Waals surface area contributed by atoms with Gasteiger partial charge < -0.3 is 10.2 Å². The highest BCUT2D eigenvalue weighted by Gasteiger charge is 2.00. The summed E-state index contributed by atoms with van der Waals surface area (Å²) in [6, 6.07) is 0. The van der Waals surface area contributed by atoms with Gasteiger partial charge in [-0.15, -0.1) is 0 Å². The minimum Gasteiger partial charge on any atom is -0.356 e. The van der Waals surface area contributed by atoms with Gasteiger partial charge in [0.1, 0.15) is 0 Å². The molecule has 0 fully saturated rings. The highest BCUT2D eigenvalue weighted by Crippen LogP contribution is 2.09. The Morgan fingerprint density at radius 1 is 0.895 bits per heavy atom. The van der Waals surface area contributed by atoms with Crippen LogP contribution in [0, 0.1) is 0 Å². The zero-order chi connectivity index (χ0) is 14.3. The Balaban J connectivity index is 3.16. The lowest BCUT2D eigenvalue weighted by Gasteiger charge is -2.09. The van der Waals surface area contributed by atoms with Crippen LogP contribution in [0.15, 0.2) is 0 Å². The fourth-order valence-electron chi connectivity index (χ4n) is 2.13. The lowest BCUT2D eigenvalue weighted by atomic mass is 10.1. The third kappa shape index (κ3) is 15.4. The molecule has 0 saturated carbocycles. The third-order valence-electron chi connectivity index (χ3n) is 3.36. The van der Waals surface area contributed by atoms with Gasteiger partial charge >= 0.3 is 0 Å². The molecule has 0 aromatic carbocycles. The van der Waals surface area contributed by atoms with Gasteiger partial charge in [0.15, 0.2) is 0 Å². The van der Waals surface area contributed by atoms with Gasteiger partial charge in [-0.05, 0) is 33.5 Å². The van der Waals surface area contributed by atoms with Gasteiger partial charge in [0.25, 0.3) is 0 Å². The highest BCUT2D eigenvalue weighted by molar-refractivity contribution is 5.75. The standard InChI is InChI=1S/C16H34N2O/c1-4-5-6-7-8-9-10-11-13-16(19)17-14-12-15-18(2)3/h4-15H2,1-3H3,(H,17,19). The molecule has 0 rings (SSSR count). The Morgan fingerprint density at radius 3 is 2.05 bits per heavy atom. The van der Waals surface area contributed by atoms with Crippen molar-refractivity contribution in [3.8, 4) is 0 Å². The van der Waals surface area contributed by atoms with E-state index in [4.69, 9.17) is 0 Å². The fraction of sp³-hybridized carbons (Fsp3) is 0.938. The smallest absolute Gasteiger partial charge is 0.219 e. The molecular weight excluding hydrogens is 236 g/mol. The van der Waals surface area contributed by atoms with Crippen molar-refractivity contribution in [2.24, 2.45) is 0 Å². The SMILES string of the molecule is CCCCCCCCCCC(=O)NCCCN(C)C. The van der Waals surface area contributed by atoms with Gasteiger partial charge in [-0.25, -0.2) is 0 Å². The fourth-order valence-corrected chi connectivity index (χ4v) is 2.13. The Morgan fingerprint density at radius 2 is 1.47 bits per heavy atom. The van der Waals surface area contributed by atoms with E-state index < -0.39 is 0 Å². The van der Waals surface area contributed by atoms with Crippen molar-refractivity contribution >= 4 is 5.91 Å². The van der Waals surface area contributed by atoms with E-state index in [9.17, 15) is 4.79 Å². The van der Waals surface area contributed by atoms with Crippen molar-refractivity contribution in [2.75, 3.05) is 27.2 Å². The van der Waals surface area contributed by atoms with E-state index >= 15 is 0 Å². The maximum atomic E-state index is 11.5. The molecule has 1 amide bonds. The molecule has 0 aliphatic carbocycles. The molecule has 0 radical (unpaired) electrons. The molecule has 3 nitrogen and oxygen atoms in total. The van der Waals surface area contributed by atoms with E-state index in [1.54, 1.807) is 0 Å². The largest absolute Gasteiger partial charge is 0.356 e. The van der Waals surface area contributed by atoms with E-state index in [0.29, 0.717) is 6.42 Å². The predicted octanol–water partition coefficient (Wildman–Crippen LogP) is 3.59. The number of nitrogens with one attached hydrogen (secondary N) is 1. The van der Waals surface area contributed by atoms with Crippen LogP contribution >= 0.6 is 0 Å². The first-order valence-corrected chi connectivity index (χ1v) is 8.08. The second kappa shape index (κ2) is 13.9. The van der Waals surface area contributed by atoms with Crippen LogP contribution in [-0.4, -0.2) is 38.0 Å². The van der Waals surface area contributed by atoms with Crippen molar-refractivity contribution < 1.29 is 4.79 Å². The molecule has 0 saturated heterocycles. The summed E-state index contributed by atoms with van der Waals surface area (Å²) in [5.41, 5.74) is 0. The molecule has 0 bridgehead atoms. The number of hydrogen-bond donors (Lipinski definition) is 1. The zero-order valence-electron chi connectivity index (χ0n) is 13.3. The molecule has 0 aliphatic rings. The molecule has 0 aliphatic heterocycles. The summed E-state index contributed by atoms with van der Waals surface area (Å²) in [4.78, 5) is 13.7. The molecule has 19 heavy (non-hydrogen) atoms. The second-order valence-electron chi connectivity index (χ2n) is 5.73. The normalized spacial score (nSPS) is 10.9. The maximum Gasteiger partial charge on any atom is 0.219 e. The van der Waals surface area contributed by atoms with Crippen molar-refractivity contribution in [1.29, 1.82) is 0 Å². The summed E-state index contributed by atoms with van der Waals surface area (Å²) < 4.78 is 0. The van der Waals surface area contributed by atoms with E-state index in [0.717, 1.165) is 25.9 Å². The molecule has 0 unspecified atom stereocenters. The van der Waals surface area contributed by atoms with Crippen LogP contribution in [0.25, 0.3) is 0 Å². The number of carbonyl (C=O) groups excluding carboxylic acids is 1. The van der Waals surface area contributed by atoms with Crippen LogP contribution in [0.2, 0.25) is 0 Å². The minimum atomic E-state index is 0.227. The maximum absolute atomic E-state index is 11.5. The number of amides is 1. The average Bonchev–Trinajstić information content (AvgIpc) is 2.37. The van der Waals surface area contributed by atoms with Gasteiger partial charge in [0.2, 0.25) is 5.91 Å². The van der Waals surface area contributed by atoms with Gasteiger partial charge in [-0.3, -0.25) is 4.79 Å². The third-order valence-corrected chi connectivity index (χ3v) is 3.36. The predicted molar refractivity (Wildman–Crippen MR) is 83.4 cm³/mol. The summed E-state index contributed by atoms with van der Waals surface area (Å²) in [7, 11) is 4.12. The first-order valence-electron chi connectivity index (χ1n) is 8.08. The first kappa shape index (κ1) is 18.4. The number of carbonyl (C=O) groups is 1. The first-order chi connectivity index (χ1) is 9.16. The van der Waals surface area contributed by atoms with E-state index in [1.807, 2.05) is 0 Å². The van der Waals surface area contributed by atoms with Crippen molar-refractivity contribution in [2.45, 2.75) is 71.1 Å². The zero-order valence-corrected chi connectivity index (χ0v) is 13.3. The topological polar surface area (TPSA) is 32.3 Å². The average molecular weight is 270 g/mol. The summed E-state index contributed by atoms with van der Waals surface area (Å²) in [5, 5.41) is 2.99. The van der Waals surface area contributed by atoms with Crippen molar-refractivity contribution in [1.82, 2.24) is 10.2 Å². The molecule has 114 valence electrons. The highest BCUT2D eigenvalue weighted by atomic mass is 16.1. The van der Waals surface area contributed by atoms with Crippen LogP contribution in [0.3, 0.4) is 0 Å². The number of hydrogen-bond acceptors (Lipinski definition) is 2.